The molecule has 2 saturated heterocycles. The fourth-order valence-electron chi connectivity index (χ4n) is 3.02. The zero-order valence-electron chi connectivity index (χ0n) is 13.2. The molecule has 1 aromatic heterocycles. The first-order valence-electron chi connectivity index (χ1n) is 8.03. The molecule has 0 aliphatic carbocycles. The normalized spacial score (nSPS) is 19.5. The van der Waals surface area contributed by atoms with Crippen LogP contribution in [0.1, 0.15) is 12.8 Å². The molecular weight excluding hydrogens is 280 g/mol. The molecule has 0 aromatic carbocycles. The fourth-order valence-corrected chi connectivity index (χ4v) is 3.02. The monoisotopic (exact) mass is 304 g/mol. The van der Waals surface area contributed by atoms with E-state index in [4.69, 9.17) is 0 Å². The summed E-state index contributed by atoms with van der Waals surface area (Å²) in [5.74, 6) is 1.97. The van der Waals surface area contributed by atoms with Gasteiger partial charge >= 0.3 is 0 Å². The number of nitrogens with zero attached hydrogens (tertiary/aromatic N) is 5. The number of amides is 1. The van der Waals surface area contributed by atoms with Crippen LogP contribution in [0.3, 0.4) is 0 Å². The first kappa shape index (κ1) is 15.0. The van der Waals surface area contributed by atoms with Crippen molar-refractivity contribution in [2.45, 2.75) is 12.8 Å². The van der Waals surface area contributed by atoms with Crippen molar-refractivity contribution in [3.63, 3.8) is 0 Å². The Labute approximate surface area is 131 Å². The van der Waals surface area contributed by atoms with Crippen molar-refractivity contribution in [3.8, 4) is 0 Å². The maximum absolute atomic E-state index is 12.2. The molecule has 0 bridgehead atoms. The van der Waals surface area contributed by atoms with E-state index in [0.717, 1.165) is 63.7 Å². The van der Waals surface area contributed by atoms with E-state index in [1.54, 1.807) is 0 Å². The Morgan fingerprint density at radius 2 is 1.82 bits per heavy atom. The molecule has 120 valence electrons. The Balaban J connectivity index is 1.48. The number of rotatable bonds is 4. The van der Waals surface area contributed by atoms with Gasteiger partial charge in [0.15, 0.2) is 5.82 Å². The van der Waals surface area contributed by atoms with Crippen molar-refractivity contribution < 1.29 is 4.79 Å². The van der Waals surface area contributed by atoms with E-state index in [0.29, 0.717) is 6.54 Å². The van der Waals surface area contributed by atoms with Crippen molar-refractivity contribution in [1.82, 2.24) is 20.0 Å². The predicted molar refractivity (Wildman–Crippen MR) is 86.0 cm³/mol. The van der Waals surface area contributed by atoms with Gasteiger partial charge in [-0.1, -0.05) is 0 Å². The summed E-state index contributed by atoms with van der Waals surface area (Å²) in [6.45, 7) is 6.00. The van der Waals surface area contributed by atoms with Crippen LogP contribution in [-0.4, -0.2) is 78.8 Å². The highest BCUT2D eigenvalue weighted by molar-refractivity contribution is 5.78. The highest BCUT2D eigenvalue weighted by Gasteiger charge is 2.23. The van der Waals surface area contributed by atoms with Gasteiger partial charge in [0.05, 0.1) is 6.54 Å². The standard InChI is InChI=1S/C15H24N6O/c1-16-13-4-5-14(18-17-13)20-10-8-19(9-11-20)12-15(22)21-6-2-3-7-21/h4-5H,2-3,6-12H2,1H3,(H,16,17). The molecule has 22 heavy (non-hydrogen) atoms. The number of aromatic nitrogens is 2. The number of hydrogen-bond donors (Lipinski definition) is 1. The molecule has 7 heteroatoms. The van der Waals surface area contributed by atoms with Gasteiger partial charge in [-0.25, -0.2) is 0 Å². The van der Waals surface area contributed by atoms with Crippen molar-refractivity contribution in [2.75, 3.05) is 63.1 Å². The second kappa shape index (κ2) is 6.91. The van der Waals surface area contributed by atoms with Crippen LogP contribution in [0.5, 0.6) is 0 Å². The van der Waals surface area contributed by atoms with Crippen LogP contribution in [0.4, 0.5) is 11.6 Å². The van der Waals surface area contributed by atoms with E-state index in [1.165, 1.54) is 0 Å². The maximum Gasteiger partial charge on any atom is 0.236 e. The molecule has 0 spiro atoms. The summed E-state index contributed by atoms with van der Waals surface area (Å²) >= 11 is 0. The van der Waals surface area contributed by atoms with Crippen molar-refractivity contribution >= 4 is 17.5 Å². The average Bonchev–Trinajstić information content (AvgIpc) is 3.10. The summed E-state index contributed by atoms with van der Waals surface area (Å²) in [5.41, 5.74) is 0. The van der Waals surface area contributed by atoms with Gasteiger partial charge in [-0.2, -0.15) is 0 Å². The zero-order chi connectivity index (χ0) is 15.4. The molecule has 0 saturated carbocycles. The first-order chi connectivity index (χ1) is 10.8. The smallest absolute Gasteiger partial charge is 0.236 e. The minimum Gasteiger partial charge on any atom is -0.372 e. The van der Waals surface area contributed by atoms with E-state index in [9.17, 15) is 4.79 Å². The van der Waals surface area contributed by atoms with E-state index in [2.05, 4.69) is 25.3 Å². The number of piperazine rings is 1. The van der Waals surface area contributed by atoms with Crippen LogP contribution in [-0.2, 0) is 4.79 Å². The lowest BCUT2D eigenvalue weighted by atomic mass is 10.3. The number of hydrogen-bond acceptors (Lipinski definition) is 6. The Hall–Kier alpha value is -1.89. The predicted octanol–water partition coefficient (Wildman–Crippen LogP) is 0.263. The number of nitrogens with one attached hydrogen (secondary N) is 1. The number of carbonyl (C=O) groups excluding carboxylic acids is 1. The lowest BCUT2D eigenvalue weighted by Gasteiger charge is -2.35. The summed E-state index contributed by atoms with van der Waals surface area (Å²) in [7, 11) is 1.83. The van der Waals surface area contributed by atoms with Crippen LogP contribution in [0.2, 0.25) is 0 Å². The second-order valence-corrected chi connectivity index (χ2v) is 5.88. The van der Waals surface area contributed by atoms with Crippen molar-refractivity contribution in [1.29, 1.82) is 0 Å². The van der Waals surface area contributed by atoms with Crippen molar-refractivity contribution in [3.05, 3.63) is 12.1 Å². The minimum absolute atomic E-state index is 0.282. The first-order valence-corrected chi connectivity index (χ1v) is 8.03. The molecular formula is C15H24N6O. The van der Waals surface area contributed by atoms with Crippen LogP contribution >= 0.6 is 0 Å². The maximum atomic E-state index is 12.2. The molecule has 1 aromatic rings. The minimum atomic E-state index is 0.282. The Kier molecular flexibility index (Phi) is 4.72. The van der Waals surface area contributed by atoms with Gasteiger partial charge in [0.25, 0.3) is 0 Å². The number of anilines is 2. The molecule has 2 aliphatic rings. The Bertz CT molecular complexity index is 491. The molecule has 7 nitrogen and oxygen atoms in total. The Morgan fingerprint density at radius 3 is 2.41 bits per heavy atom. The van der Waals surface area contributed by atoms with Crippen LogP contribution in [0, 0.1) is 0 Å². The van der Waals surface area contributed by atoms with E-state index in [-0.39, 0.29) is 5.91 Å². The van der Waals surface area contributed by atoms with Gasteiger partial charge in [0, 0.05) is 46.3 Å². The third-order valence-electron chi connectivity index (χ3n) is 4.42. The topological polar surface area (TPSA) is 64.6 Å². The summed E-state index contributed by atoms with van der Waals surface area (Å²) < 4.78 is 0. The third kappa shape index (κ3) is 3.47. The summed E-state index contributed by atoms with van der Waals surface area (Å²) in [6.07, 6.45) is 2.31. The van der Waals surface area contributed by atoms with Gasteiger partial charge in [0.1, 0.15) is 5.82 Å². The molecule has 3 heterocycles. The molecule has 3 rings (SSSR count). The lowest BCUT2D eigenvalue weighted by Crippen LogP contribution is -2.50. The fraction of sp³-hybridized carbons (Fsp3) is 0.667. The molecule has 1 amide bonds. The average molecular weight is 304 g/mol. The van der Waals surface area contributed by atoms with Crippen LogP contribution in [0.15, 0.2) is 12.1 Å². The number of likely N-dealkylation sites (tertiary alicyclic amines) is 1. The van der Waals surface area contributed by atoms with Gasteiger partial charge < -0.3 is 15.1 Å². The van der Waals surface area contributed by atoms with Crippen LogP contribution < -0.4 is 10.2 Å². The van der Waals surface area contributed by atoms with E-state index < -0.39 is 0 Å². The molecule has 2 aliphatic heterocycles. The highest BCUT2D eigenvalue weighted by atomic mass is 16.2. The number of carbonyl (C=O) groups is 1. The van der Waals surface area contributed by atoms with Gasteiger partial charge in [-0.3, -0.25) is 9.69 Å². The van der Waals surface area contributed by atoms with Crippen LogP contribution in [0.25, 0.3) is 0 Å². The molecule has 0 radical (unpaired) electrons. The van der Waals surface area contributed by atoms with Gasteiger partial charge in [0.2, 0.25) is 5.91 Å². The van der Waals surface area contributed by atoms with Gasteiger partial charge in [-0.05, 0) is 25.0 Å². The zero-order valence-corrected chi connectivity index (χ0v) is 13.2. The molecule has 0 atom stereocenters. The lowest BCUT2D eigenvalue weighted by molar-refractivity contribution is -0.131. The van der Waals surface area contributed by atoms with Gasteiger partial charge in [-0.15, -0.1) is 10.2 Å². The summed E-state index contributed by atoms with van der Waals surface area (Å²) in [6, 6.07) is 3.93. The third-order valence-corrected chi connectivity index (χ3v) is 4.42. The second-order valence-electron chi connectivity index (χ2n) is 5.88. The largest absolute Gasteiger partial charge is 0.372 e. The molecule has 1 N–H and O–H groups in total. The quantitative estimate of drug-likeness (QED) is 0.861. The Morgan fingerprint density at radius 1 is 1.09 bits per heavy atom. The summed E-state index contributed by atoms with van der Waals surface area (Å²) in [4.78, 5) is 18.6. The molecule has 2 fully saturated rings. The molecule has 0 unspecified atom stereocenters. The van der Waals surface area contributed by atoms with Crippen molar-refractivity contribution in [2.24, 2.45) is 0 Å². The van der Waals surface area contributed by atoms with E-state index in [1.807, 2.05) is 24.1 Å². The highest BCUT2D eigenvalue weighted by Crippen LogP contribution is 2.14. The summed E-state index contributed by atoms with van der Waals surface area (Å²) in [5, 5.41) is 11.3. The van der Waals surface area contributed by atoms with E-state index >= 15 is 0 Å². The SMILES string of the molecule is CNc1ccc(N2CCN(CC(=O)N3CCCC3)CC2)nn1.